The molecule has 202 valence electrons. The SMILES string of the molecule is COc1cc(C=Nc2ccc([C@@H]3Nc4ccc(C)cc4[C@H]4C=CC[C@@H]43)cc2)cc(Cl)c1OCc1ccccc1F. The summed E-state index contributed by atoms with van der Waals surface area (Å²) in [7, 11) is 1.55. The predicted octanol–water partition coefficient (Wildman–Crippen LogP) is 8.95. The number of nitrogens with one attached hydrogen (secondary N) is 1. The number of aliphatic imine (C=N–C) groups is 1. The fraction of sp³-hybridized carbons (Fsp3) is 0.206. The number of rotatable bonds is 7. The standard InChI is InChI=1S/C34H30ClFN2O2/c1-21-10-15-31-28(16-21)26-7-5-8-27(26)33(38-31)23-11-13-25(14-12-23)37-19-22-17-29(35)34(32(18-22)39-2)40-20-24-6-3-4-9-30(24)36/h3-7,9-19,26-27,33,38H,8,20H2,1-2H3/t26-,27-,33-/m0/s1. The Hall–Kier alpha value is -4.09. The van der Waals surface area contributed by atoms with Crippen LogP contribution in [0, 0.1) is 18.7 Å². The first kappa shape index (κ1) is 26.1. The van der Waals surface area contributed by atoms with E-state index in [2.05, 4.69) is 59.7 Å². The van der Waals surface area contributed by atoms with E-state index in [4.69, 9.17) is 21.1 Å². The summed E-state index contributed by atoms with van der Waals surface area (Å²) in [4.78, 5) is 4.66. The lowest BCUT2D eigenvalue weighted by molar-refractivity contribution is 0.280. The summed E-state index contributed by atoms with van der Waals surface area (Å²) in [5.41, 5.74) is 7.22. The van der Waals surface area contributed by atoms with Gasteiger partial charge < -0.3 is 14.8 Å². The molecule has 40 heavy (non-hydrogen) atoms. The summed E-state index contributed by atoms with van der Waals surface area (Å²) < 4.78 is 25.3. The van der Waals surface area contributed by atoms with E-state index in [-0.39, 0.29) is 18.5 Å². The molecule has 0 saturated heterocycles. The van der Waals surface area contributed by atoms with Gasteiger partial charge in [0.05, 0.1) is 23.9 Å². The second-order valence-corrected chi connectivity index (χ2v) is 10.7. The Bertz CT molecular complexity index is 1600. The van der Waals surface area contributed by atoms with Crippen molar-refractivity contribution in [3.05, 3.63) is 130 Å². The van der Waals surface area contributed by atoms with Crippen molar-refractivity contribution in [2.75, 3.05) is 12.4 Å². The number of hydrogen-bond donors (Lipinski definition) is 1. The van der Waals surface area contributed by atoms with E-state index in [0.29, 0.717) is 33.9 Å². The molecule has 0 aromatic heterocycles. The molecular formula is C34H30ClFN2O2. The highest BCUT2D eigenvalue weighted by Gasteiger charge is 2.37. The average Bonchev–Trinajstić information content (AvgIpc) is 3.47. The monoisotopic (exact) mass is 552 g/mol. The lowest BCUT2D eigenvalue weighted by atomic mass is 9.76. The molecule has 6 rings (SSSR count). The van der Waals surface area contributed by atoms with Crippen molar-refractivity contribution in [1.29, 1.82) is 0 Å². The number of nitrogens with zero attached hydrogens (tertiary/aromatic N) is 1. The van der Waals surface area contributed by atoms with Gasteiger partial charge in [-0.1, -0.05) is 71.8 Å². The van der Waals surface area contributed by atoms with Crippen molar-refractivity contribution in [1.82, 2.24) is 0 Å². The van der Waals surface area contributed by atoms with Crippen LogP contribution >= 0.6 is 11.6 Å². The van der Waals surface area contributed by atoms with Crippen molar-refractivity contribution >= 4 is 29.2 Å². The smallest absolute Gasteiger partial charge is 0.180 e. The third-order valence-electron chi connectivity index (χ3n) is 7.71. The van der Waals surface area contributed by atoms with E-state index in [1.807, 2.05) is 12.1 Å². The van der Waals surface area contributed by atoms with Gasteiger partial charge in [0.15, 0.2) is 11.5 Å². The molecule has 0 spiro atoms. The molecule has 1 aliphatic heterocycles. The molecule has 2 aliphatic rings. The quantitative estimate of drug-likeness (QED) is 0.184. The van der Waals surface area contributed by atoms with Crippen molar-refractivity contribution in [2.24, 2.45) is 10.9 Å². The van der Waals surface area contributed by atoms with Gasteiger partial charge >= 0.3 is 0 Å². The minimum absolute atomic E-state index is 0.0429. The van der Waals surface area contributed by atoms with E-state index in [1.165, 1.54) is 28.4 Å². The summed E-state index contributed by atoms with van der Waals surface area (Å²) in [5.74, 6) is 1.44. The lowest BCUT2D eigenvalue weighted by Gasteiger charge is -2.37. The van der Waals surface area contributed by atoms with E-state index in [1.54, 1.807) is 43.7 Å². The topological polar surface area (TPSA) is 42.8 Å². The minimum Gasteiger partial charge on any atom is -0.493 e. The third kappa shape index (κ3) is 5.22. The molecule has 1 aliphatic carbocycles. The summed E-state index contributed by atoms with van der Waals surface area (Å²) in [6.07, 6.45) is 7.50. The van der Waals surface area contributed by atoms with Gasteiger partial charge in [0, 0.05) is 23.4 Å². The van der Waals surface area contributed by atoms with Crippen LogP contribution in [0.25, 0.3) is 0 Å². The summed E-state index contributed by atoms with van der Waals surface area (Å²) in [6, 6.07) is 25.4. The highest BCUT2D eigenvalue weighted by Crippen LogP contribution is 2.50. The van der Waals surface area contributed by atoms with Crippen molar-refractivity contribution < 1.29 is 13.9 Å². The Kier molecular flexibility index (Phi) is 7.31. The maximum atomic E-state index is 14.0. The second kappa shape index (κ2) is 11.2. The summed E-state index contributed by atoms with van der Waals surface area (Å²) in [5, 5.41) is 4.16. The molecule has 4 nitrogen and oxygen atoms in total. The molecule has 0 fully saturated rings. The van der Waals surface area contributed by atoms with Crippen LogP contribution in [0.2, 0.25) is 5.02 Å². The zero-order chi connectivity index (χ0) is 27.6. The molecule has 4 aromatic rings. The van der Waals surface area contributed by atoms with Crippen LogP contribution in [0.1, 0.15) is 46.2 Å². The molecule has 0 bridgehead atoms. The van der Waals surface area contributed by atoms with Gasteiger partial charge in [-0.2, -0.15) is 0 Å². The maximum Gasteiger partial charge on any atom is 0.180 e. The predicted molar refractivity (Wildman–Crippen MR) is 160 cm³/mol. The maximum absolute atomic E-state index is 14.0. The number of allylic oxidation sites excluding steroid dienone is 2. The lowest BCUT2D eigenvalue weighted by Crippen LogP contribution is -2.29. The number of fused-ring (bicyclic) bond motifs is 3. The van der Waals surface area contributed by atoms with Crippen LogP contribution in [0.3, 0.4) is 0 Å². The molecule has 1 N–H and O–H groups in total. The van der Waals surface area contributed by atoms with Gasteiger partial charge in [0.1, 0.15) is 12.4 Å². The molecule has 1 heterocycles. The van der Waals surface area contributed by atoms with Gasteiger partial charge in [-0.05, 0) is 72.4 Å². The number of hydrogen-bond acceptors (Lipinski definition) is 4. The number of methoxy groups -OCH3 is 1. The molecule has 6 heteroatoms. The van der Waals surface area contributed by atoms with E-state index in [9.17, 15) is 4.39 Å². The van der Waals surface area contributed by atoms with Crippen LogP contribution in [0.4, 0.5) is 15.8 Å². The van der Waals surface area contributed by atoms with Crippen LogP contribution in [-0.4, -0.2) is 13.3 Å². The molecule has 0 radical (unpaired) electrons. The van der Waals surface area contributed by atoms with E-state index < -0.39 is 0 Å². The van der Waals surface area contributed by atoms with E-state index >= 15 is 0 Å². The summed E-state index contributed by atoms with van der Waals surface area (Å²) >= 11 is 6.52. The third-order valence-corrected chi connectivity index (χ3v) is 8.00. The normalized spacial score (nSPS) is 19.2. The van der Waals surface area contributed by atoms with Gasteiger partial charge in [-0.15, -0.1) is 0 Å². The first-order chi connectivity index (χ1) is 19.5. The molecule has 0 unspecified atom stereocenters. The molecule has 0 amide bonds. The Balaban J connectivity index is 1.17. The Labute approximate surface area is 239 Å². The first-order valence-electron chi connectivity index (χ1n) is 13.4. The van der Waals surface area contributed by atoms with Gasteiger partial charge in [-0.3, -0.25) is 4.99 Å². The van der Waals surface area contributed by atoms with Gasteiger partial charge in [0.2, 0.25) is 0 Å². The molecule has 0 saturated carbocycles. The largest absolute Gasteiger partial charge is 0.493 e. The Morgan fingerprint density at radius 3 is 2.67 bits per heavy atom. The number of halogens is 2. The van der Waals surface area contributed by atoms with Gasteiger partial charge in [-0.25, -0.2) is 4.39 Å². The Morgan fingerprint density at radius 2 is 1.88 bits per heavy atom. The van der Waals surface area contributed by atoms with Crippen LogP contribution in [0.15, 0.2) is 96.0 Å². The van der Waals surface area contributed by atoms with Crippen molar-refractivity contribution in [2.45, 2.75) is 31.9 Å². The highest BCUT2D eigenvalue weighted by molar-refractivity contribution is 6.32. The second-order valence-electron chi connectivity index (χ2n) is 10.3. The van der Waals surface area contributed by atoms with Gasteiger partial charge in [0.25, 0.3) is 0 Å². The molecular weight excluding hydrogens is 523 g/mol. The fourth-order valence-electron chi connectivity index (χ4n) is 5.68. The number of ether oxygens (including phenoxy) is 2. The number of benzene rings is 4. The van der Waals surface area contributed by atoms with Crippen LogP contribution < -0.4 is 14.8 Å². The van der Waals surface area contributed by atoms with Crippen LogP contribution in [0.5, 0.6) is 11.5 Å². The molecule has 3 atom stereocenters. The van der Waals surface area contributed by atoms with Crippen molar-refractivity contribution in [3.63, 3.8) is 0 Å². The molecule has 4 aromatic carbocycles. The van der Waals surface area contributed by atoms with E-state index in [0.717, 1.165) is 17.7 Å². The van der Waals surface area contributed by atoms with Crippen molar-refractivity contribution in [3.8, 4) is 11.5 Å². The average molecular weight is 553 g/mol. The first-order valence-corrected chi connectivity index (χ1v) is 13.8. The zero-order valence-corrected chi connectivity index (χ0v) is 23.2. The Morgan fingerprint density at radius 1 is 1.05 bits per heavy atom. The zero-order valence-electron chi connectivity index (χ0n) is 22.4. The van der Waals surface area contributed by atoms with Crippen LogP contribution in [-0.2, 0) is 6.61 Å². The number of anilines is 1. The minimum atomic E-state index is -0.328. The summed E-state index contributed by atoms with van der Waals surface area (Å²) in [6.45, 7) is 2.20. The fourth-order valence-corrected chi connectivity index (χ4v) is 5.95. The number of aryl methyl sites for hydroxylation is 1. The highest BCUT2D eigenvalue weighted by atomic mass is 35.5.